The topological polar surface area (TPSA) is 72.7 Å². The minimum Gasteiger partial charge on any atom is -0.348 e. The summed E-state index contributed by atoms with van der Waals surface area (Å²) in [6.07, 6.45) is 7.01. The van der Waals surface area contributed by atoms with Crippen molar-refractivity contribution in [3.05, 3.63) is 35.9 Å². The number of hydrogen-bond acceptors (Lipinski definition) is 5. The molecular weight excluding hydrogens is 348 g/mol. The normalized spacial score (nSPS) is 20.6. The van der Waals surface area contributed by atoms with Gasteiger partial charge in [0.1, 0.15) is 0 Å². The monoisotopic (exact) mass is 367 g/mol. The third-order valence-corrected chi connectivity index (χ3v) is 5.39. The van der Waals surface area contributed by atoms with Gasteiger partial charge in [-0.05, 0) is 44.7 Å². The Kier molecular flexibility index (Phi) is 5.62. The zero-order valence-corrected chi connectivity index (χ0v) is 14.5. The van der Waals surface area contributed by atoms with Crippen molar-refractivity contribution in [2.75, 3.05) is 0 Å². The van der Waals surface area contributed by atoms with E-state index in [4.69, 9.17) is 0 Å². The number of aromatic nitrogens is 4. The molecule has 6 nitrogen and oxygen atoms in total. The van der Waals surface area contributed by atoms with Gasteiger partial charge in [-0.3, -0.25) is 4.79 Å². The van der Waals surface area contributed by atoms with Crippen LogP contribution in [-0.4, -0.2) is 36.9 Å². The minimum absolute atomic E-state index is 0.0342. The van der Waals surface area contributed by atoms with Crippen molar-refractivity contribution in [3.63, 3.8) is 0 Å². The zero-order chi connectivity index (χ0) is 17.8. The third kappa shape index (κ3) is 4.53. The molecule has 0 radical (unpaired) electrons. The Balaban J connectivity index is 1.50. The summed E-state index contributed by atoms with van der Waals surface area (Å²) in [6, 6.07) is 3.21. The molecule has 0 atom stereocenters. The van der Waals surface area contributed by atoms with Gasteiger partial charge in [-0.15, -0.1) is 0 Å². The molecule has 1 N–H and O–H groups in total. The van der Waals surface area contributed by atoms with Gasteiger partial charge < -0.3 is 5.32 Å². The number of halogens is 2. The fraction of sp³-hybridized carbons (Fsp3) is 0.500. The van der Waals surface area contributed by atoms with Gasteiger partial charge in [0.05, 0.1) is 0 Å². The SMILES string of the molecule is Cc1cc(C(=O)NC2CCC(Sc3ncccn3)CC2)nn1C(F)F. The number of carbonyl (C=O) groups excluding carboxylic acids is 1. The maximum absolute atomic E-state index is 12.7. The highest BCUT2D eigenvalue weighted by Crippen LogP contribution is 2.31. The molecule has 134 valence electrons. The first kappa shape index (κ1) is 17.8. The lowest BCUT2D eigenvalue weighted by Gasteiger charge is -2.28. The molecule has 1 saturated carbocycles. The van der Waals surface area contributed by atoms with Crippen LogP contribution in [0.3, 0.4) is 0 Å². The molecule has 25 heavy (non-hydrogen) atoms. The number of amides is 1. The summed E-state index contributed by atoms with van der Waals surface area (Å²) in [5, 5.41) is 7.77. The van der Waals surface area contributed by atoms with Gasteiger partial charge in [0.15, 0.2) is 10.9 Å². The molecule has 9 heteroatoms. The highest BCUT2D eigenvalue weighted by molar-refractivity contribution is 7.99. The summed E-state index contributed by atoms with van der Waals surface area (Å²) >= 11 is 1.66. The first-order valence-corrected chi connectivity index (χ1v) is 8.99. The number of carbonyl (C=O) groups is 1. The van der Waals surface area contributed by atoms with E-state index in [1.165, 1.54) is 13.0 Å². The molecule has 3 rings (SSSR count). The standard InChI is InChI=1S/C16H19F2N5OS/c1-10-9-13(22-23(10)15(17)18)14(24)21-11-3-5-12(6-4-11)25-16-19-7-2-8-20-16/h2,7-9,11-12,15H,3-6H2,1H3,(H,21,24). The first-order valence-electron chi connectivity index (χ1n) is 8.12. The maximum atomic E-state index is 12.7. The molecule has 0 aromatic carbocycles. The second kappa shape index (κ2) is 7.90. The molecule has 1 fully saturated rings. The van der Waals surface area contributed by atoms with Crippen LogP contribution in [0.2, 0.25) is 0 Å². The predicted molar refractivity (Wildman–Crippen MR) is 89.6 cm³/mol. The third-order valence-electron chi connectivity index (χ3n) is 4.16. The summed E-state index contributed by atoms with van der Waals surface area (Å²) in [5.74, 6) is -0.398. The van der Waals surface area contributed by atoms with Crippen molar-refractivity contribution in [2.24, 2.45) is 0 Å². The highest BCUT2D eigenvalue weighted by Gasteiger charge is 2.25. The summed E-state index contributed by atoms with van der Waals surface area (Å²) in [6.45, 7) is -1.24. The maximum Gasteiger partial charge on any atom is 0.333 e. The second-order valence-corrected chi connectivity index (χ2v) is 7.26. The van der Waals surface area contributed by atoms with E-state index in [9.17, 15) is 13.6 Å². The smallest absolute Gasteiger partial charge is 0.333 e. The van der Waals surface area contributed by atoms with Crippen molar-refractivity contribution in [1.82, 2.24) is 25.1 Å². The minimum atomic E-state index is -2.74. The Bertz CT molecular complexity index is 717. The van der Waals surface area contributed by atoms with Crippen LogP contribution in [-0.2, 0) is 0 Å². The van der Waals surface area contributed by atoms with Crippen LogP contribution in [0.4, 0.5) is 8.78 Å². The molecule has 0 saturated heterocycles. The molecule has 1 amide bonds. The van der Waals surface area contributed by atoms with Crippen molar-refractivity contribution in [3.8, 4) is 0 Å². The van der Waals surface area contributed by atoms with E-state index >= 15 is 0 Å². The van der Waals surface area contributed by atoms with Crippen LogP contribution in [0.5, 0.6) is 0 Å². The number of hydrogen-bond donors (Lipinski definition) is 1. The average molecular weight is 367 g/mol. The molecular formula is C16H19F2N5OS. The van der Waals surface area contributed by atoms with E-state index < -0.39 is 12.5 Å². The largest absolute Gasteiger partial charge is 0.348 e. The quantitative estimate of drug-likeness (QED) is 0.822. The number of aryl methyl sites for hydroxylation is 1. The Morgan fingerprint density at radius 2 is 1.96 bits per heavy atom. The lowest BCUT2D eigenvalue weighted by molar-refractivity contribution is 0.0538. The van der Waals surface area contributed by atoms with Gasteiger partial charge in [-0.1, -0.05) is 11.8 Å². The molecule has 0 bridgehead atoms. The fourth-order valence-electron chi connectivity index (χ4n) is 2.88. The number of nitrogens with zero attached hydrogens (tertiary/aromatic N) is 4. The Hall–Kier alpha value is -2.03. The fourth-order valence-corrected chi connectivity index (χ4v) is 3.93. The van der Waals surface area contributed by atoms with Gasteiger partial charge in [-0.25, -0.2) is 14.6 Å². The lowest BCUT2D eigenvalue weighted by atomic mass is 9.95. The number of nitrogens with one attached hydrogen (secondary N) is 1. The second-order valence-electron chi connectivity index (χ2n) is 5.99. The Morgan fingerprint density at radius 1 is 1.28 bits per heavy atom. The summed E-state index contributed by atoms with van der Waals surface area (Å²) in [5.41, 5.74) is 0.301. The van der Waals surface area contributed by atoms with Crippen LogP contribution >= 0.6 is 11.8 Å². The first-order chi connectivity index (χ1) is 12.0. The number of rotatable bonds is 5. The average Bonchev–Trinajstić information content (AvgIpc) is 3.00. The van der Waals surface area contributed by atoms with Crippen molar-refractivity contribution < 1.29 is 13.6 Å². The van der Waals surface area contributed by atoms with E-state index in [1.807, 2.05) is 0 Å². The molecule has 2 aromatic heterocycles. The number of alkyl halides is 2. The van der Waals surface area contributed by atoms with E-state index in [0.717, 1.165) is 30.8 Å². The lowest BCUT2D eigenvalue weighted by Crippen LogP contribution is -2.38. The number of thioether (sulfide) groups is 1. The van der Waals surface area contributed by atoms with Crippen LogP contribution in [0.1, 0.15) is 48.4 Å². The van der Waals surface area contributed by atoms with Gasteiger partial charge in [0, 0.05) is 29.4 Å². The predicted octanol–water partition coefficient (Wildman–Crippen LogP) is 3.21. The van der Waals surface area contributed by atoms with Crippen molar-refractivity contribution in [2.45, 2.75) is 55.6 Å². The van der Waals surface area contributed by atoms with Gasteiger partial charge in [0.25, 0.3) is 5.91 Å². The van der Waals surface area contributed by atoms with E-state index in [2.05, 4.69) is 20.4 Å². The van der Waals surface area contributed by atoms with Crippen LogP contribution in [0, 0.1) is 6.92 Å². The van der Waals surface area contributed by atoms with Crippen molar-refractivity contribution >= 4 is 17.7 Å². The molecule has 0 aliphatic heterocycles. The van der Waals surface area contributed by atoms with Crippen LogP contribution in [0.15, 0.2) is 29.7 Å². The molecule has 1 aliphatic carbocycles. The summed E-state index contributed by atoms with van der Waals surface area (Å²) in [7, 11) is 0. The van der Waals surface area contributed by atoms with Crippen molar-refractivity contribution in [1.29, 1.82) is 0 Å². The van der Waals surface area contributed by atoms with Crippen LogP contribution in [0.25, 0.3) is 0 Å². The molecule has 2 aromatic rings. The summed E-state index contributed by atoms with van der Waals surface area (Å²) in [4.78, 5) is 20.6. The Labute approximate surface area is 148 Å². The van der Waals surface area contributed by atoms with Gasteiger partial charge in [-0.2, -0.15) is 13.9 Å². The molecule has 0 unspecified atom stereocenters. The van der Waals surface area contributed by atoms with E-state index in [-0.39, 0.29) is 17.4 Å². The van der Waals surface area contributed by atoms with Gasteiger partial charge in [0.2, 0.25) is 0 Å². The Morgan fingerprint density at radius 3 is 2.56 bits per heavy atom. The highest BCUT2D eigenvalue weighted by atomic mass is 32.2. The zero-order valence-electron chi connectivity index (χ0n) is 13.7. The van der Waals surface area contributed by atoms with Gasteiger partial charge >= 0.3 is 6.55 Å². The molecule has 2 heterocycles. The summed E-state index contributed by atoms with van der Waals surface area (Å²) < 4.78 is 26.0. The molecule has 0 spiro atoms. The van der Waals surface area contributed by atoms with E-state index in [0.29, 0.717) is 9.93 Å². The van der Waals surface area contributed by atoms with Crippen LogP contribution < -0.4 is 5.32 Å². The molecule has 1 aliphatic rings. The van der Waals surface area contributed by atoms with E-state index in [1.54, 1.807) is 30.2 Å².